The molecular formula is C27H22Cl2N3NaO6S. The smallest absolute Gasteiger partial charge is 0.870 e. The quantitative estimate of drug-likeness (QED) is 0.175. The van der Waals surface area contributed by atoms with Crippen molar-refractivity contribution in [3.05, 3.63) is 81.8 Å². The van der Waals surface area contributed by atoms with E-state index < -0.39 is 26.7 Å². The Morgan fingerprint density at radius 2 is 1.77 bits per heavy atom. The first-order valence-corrected chi connectivity index (χ1v) is 13.9. The van der Waals surface area contributed by atoms with Crippen LogP contribution in [0.3, 0.4) is 0 Å². The molecule has 4 aromatic carbocycles. The van der Waals surface area contributed by atoms with Crippen LogP contribution in [-0.2, 0) is 16.5 Å². The standard InChI is InChI=1S/C27H23Cl2N3O6S.Na/c1-3-17-21(11-12-23(24(17)29)39(35,36)37)31-32-25-18-8-6-5-7-15(18)13-19(26(25)33)27(34)30-22-10-9-16(38-4-2)14-20(22)28;/h5-14,33H,3-4H2,1-2H3,(H,30,34)(H,35,36,37);/q;+1/p-1. The maximum absolute atomic E-state index is 13.5. The summed E-state index contributed by atoms with van der Waals surface area (Å²) in [5.41, 5.74) is 0.541. The van der Waals surface area contributed by atoms with Crippen LogP contribution in [0, 0.1) is 0 Å². The molecule has 4 rings (SSSR count). The van der Waals surface area contributed by atoms with Crippen molar-refractivity contribution in [3.8, 4) is 11.5 Å². The van der Waals surface area contributed by atoms with Gasteiger partial charge in [0.25, 0.3) is 16.0 Å². The largest absolute Gasteiger partial charge is 1.00 e. The number of nitrogens with one attached hydrogen (secondary N) is 1. The third-order valence-electron chi connectivity index (χ3n) is 5.79. The summed E-state index contributed by atoms with van der Waals surface area (Å²) in [6.45, 7) is 4.01. The number of hydrogen-bond donors (Lipinski definition) is 2. The fraction of sp³-hybridized carbons (Fsp3) is 0.148. The van der Waals surface area contributed by atoms with Crippen molar-refractivity contribution in [2.75, 3.05) is 11.9 Å². The number of halogens is 2. The van der Waals surface area contributed by atoms with Gasteiger partial charge < -0.3 is 15.2 Å². The molecule has 0 aliphatic rings. The number of fused-ring (bicyclic) bond motifs is 1. The number of hydrogen-bond acceptors (Lipinski definition) is 7. The fourth-order valence-electron chi connectivity index (χ4n) is 3.94. The number of anilines is 1. The molecule has 9 nitrogen and oxygen atoms in total. The zero-order chi connectivity index (χ0) is 28.3. The van der Waals surface area contributed by atoms with E-state index in [1.165, 1.54) is 12.1 Å². The molecule has 40 heavy (non-hydrogen) atoms. The molecular weight excluding hydrogens is 588 g/mol. The number of ether oxygens (including phenoxy) is 1. The maximum Gasteiger partial charge on any atom is 1.00 e. The first kappa shape index (κ1) is 31.8. The summed E-state index contributed by atoms with van der Waals surface area (Å²) < 4.78 is 38.1. The van der Waals surface area contributed by atoms with Gasteiger partial charge in [0.1, 0.15) is 10.6 Å². The molecule has 0 fully saturated rings. The van der Waals surface area contributed by atoms with Crippen LogP contribution in [0.1, 0.15) is 29.8 Å². The van der Waals surface area contributed by atoms with E-state index in [1.807, 2.05) is 6.92 Å². The van der Waals surface area contributed by atoms with Gasteiger partial charge in [-0.2, -0.15) is 18.6 Å². The Balaban J connectivity index is 0.00000441. The number of nitrogens with zero attached hydrogens (tertiary/aromatic N) is 2. The normalized spacial score (nSPS) is 11.4. The summed E-state index contributed by atoms with van der Waals surface area (Å²) >= 11 is 12.5. The van der Waals surface area contributed by atoms with Crippen molar-refractivity contribution in [2.24, 2.45) is 10.2 Å². The van der Waals surface area contributed by atoms with Crippen molar-refractivity contribution < 1.29 is 57.2 Å². The fourth-order valence-corrected chi connectivity index (χ4v) is 5.34. The van der Waals surface area contributed by atoms with Crippen molar-refractivity contribution in [2.45, 2.75) is 25.2 Å². The van der Waals surface area contributed by atoms with E-state index in [1.54, 1.807) is 49.4 Å². The monoisotopic (exact) mass is 609 g/mol. The Kier molecular flexibility index (Phi) is 10.6. The minimum absolute atomic E-state index is 0. The predicted octanol–water partition coefficient (Wildman–Crippen LogP) is 4.10. The van der Waals surface area contributed by atoms with Crippen molar-refractivity contribution in [1.82, 2.24) is 0 Å². The first-order valence-electron chi connectivity index (χ1n) is 11.7. The summed E-state index contributed by atoms with van der Waals surface area (Å²) in [4.78, 5) is 12.7. The zero-order valence-corrected chi connectivity index (χ0v) is 26.1. The summed E-state index contributed by atoms with van der Waals surface area (Å²) in [5, 5.41) is 25.5. The van der Waals surface area contributed by atoms with Crippen LogP contribution in [0.4, 0.5) is 17.1 Å². The van der Waals surface area contributed by atoms with Gasteiger partial charge in [-0.3, -0.25) is 9.35 Å². The van der Waals surface area contributed by atoms with Gasteiger partial charge >= 0.3 is 29.6 Å². The van der Waals surface area contributed by atoms with Gasteiger partial charge in [-0.05, 0) is 54.6 Å². The molecule has 0 bridgehead atoms. The van der Waals surface area contributed by atoms with Crippen LogP contribution in [0.5, 0.6) is 11.5 Å². The van der Waals surface area contributed by atoms with E-state index >= 15 is 0 Å². The van der Waals surface area contributed by atoms with Crippen LogP contribution in [0.15, 0.2) is 75.8 Å². The number of benzene rings is 4. The second kappa shape index (κ2) is 13.3. The van der Waals surface area contributed by atoms with Gasteiger partial charge in [0.2, 0.25) is 0 Å². The molecule has 1 amide bonds. The average Bonchev–Trinajstić information content (AvgIpc) is 2.88. The maximum atomic E-state index is 13.5. The zero-order valence-electron chi connectivity index (χ0n) is 21.7. The van der Waals surface area contributed by atoms with Crippen molar-refractivity contribution >= 4 is 67.1 Å². The minimum atomic E-state index is -4.55. The Morgan fingerprint density at radius 1 is 1.05 bits per heavy atom. The molecule has 0 heterocycles. The van der Waals surface area contributed by atoms with Crippen LogP contribution >= 0.6 is 23.2 Å². The van der Waals surface area contributed by atoms with Crippen LogP contribution in [0.25, 0.3) is 10.8 Å². The van der Waals surface area contributed by atoms with E-state index in [9.17, 15) is 22.9 Å². The molecule has 0 aliphatic carbocycles. The van der Waals surface area contributed by atoms with Crippen LogP contribution in [-0.4, -0.2) is 25.5 Å². The summed E-state index contributed by atoms with van der Waals surface area (Å²) in [5.74, 6) is -0.826. The molecule has 0 unspecified atom stereocenters. The third-order valence-corrected chi connectivity index (χ3v) is 7.54. The molecule has 0 saturated heterocycles. The first-order chi connectivity index (χ1) is 18.5. The Hall–Kier alpha value is -2.70. The molecule has 13 heteroatoms. The second-order valence-corrected chi connectivity index (χ2v) is 10.4. The molecule has 0 aliphatic heterocycles. The second-order valence-electron chi connectivity index (χ2n) is 8.26. The summed E-state index contributed by atoms with van der Waals surface area (Å²) in [6.07, 6.45) is 0.271. The summed E-state index contributed by atoms with van der Waals surface area (Å²) in [7, 11) is -4.55. The number of carbonyl (C=O) groups is 1. The van der Waals surface area contributed by atoms with Gasteiger partial charge in [-0.25, -0.2) is 0 Å². The van der Waals surface area contributed by atoms with E-state index in [0.717, 1.165) is 6.07 Å². The number of rotatable bonds is 8. The Morgan fingerprint density at radius 3 is 2.42 bits per heavy atom. The summed E-state index contributed by atoms with van der Waals surface area (Å²) in [6, 6.07) is 15.5. The van der Waals surface area contributed by atoms with Crippen LogP contribution < -0.4 is 44.7 Å². The average molecular weight is 610 g/mol. The Bertz CT molecular complexity index is 1730. The van der Waals surface area contributed by atoms with E-state index in [4.69, 9.17) is 27.9 Å². The predicted molar refractivity (Wildman–Crippen MR) is 149 cm³/mol. The van der Waals surface area contributed by atoms with Gasteiger partial charge in [0, 0.05) is 17.0 Å². The molecule has 0 aromatic heterocycles. The minimum Gasteiger partial charge on any atom is -0.870 e. The molecule has 0 saturated carbocycles. The molecule has 0 spiro atoms. The number of amides is 1. The van der Waals surface area contributed by atoms with Gasteiger partial charge in [-0.1, -0.05) is 60.1 Å². The van der Waals surface area contributed by atoms with Gasteiger partial charge in [0.05, 0.1) is 33.7 Å². The molecule has 202 valence electrons. The molecule has 2 N–H and O–H groups in total. The van der Waals surface area contributed by atoms with E-state index in [0.29, 0.717) is 34.4 Å². The SMILES string of the molecule is CCOc1ccc(NC(=O)c2cc3ccccc3c(N=Nc3ccc(S(=O)(=O)O)c(Cl)c3CC)c2[O-])c(Cl)c1.[Na+]. The molecule has 0 radical (unpaired) electrons. The van der Waals surface area contributed by atoms with Crippen molar-refractivity contribution in [3.63, 3.8) is 0 Å². The van der Waals surface area contributed by atoms with Crippen LogP contribution in [0.2, 0.25) is 10.0 Å². The number of carbonyl (C=O) groups excluding carboxylic acids is 1. The molecule has 4 aromatic rings. The number of azo groups is 1. The van der Waals surface area contributed by atoms with E-state index in [-0.39, 0.29) is 63.0 Å². The van der Waals surface area contributed by atoms with Crippen molar-refractivity contribution in [1.29, 1.82) is 0 Å². The van der Waals surface area contributed by atoms with Gasteiger partial charge in [0.15, 0.2) is 0 Å². The van der Waals surface area contributed by atoms with E-state index in [2.05, 4.69) is 15.5 Å². The van der Waals surface area contributed by atoms with Gasteiger partial charge in [-0.15, -0.1) is 0 Å². The Labute approximate surface area is 263 Å². The topological polar surface area (TPSA) is 140 Å². The molecule has 0 atom stereocenters. The third kappa shape index (κ3) is 6.77.